The highest BCUT2D eigenvalue weighted by atomic mass is 31.2. The summed E-state index contributed by atoms with van der Waals surface area (Å²) < 4.78 is 82.1. The van der Waals surface area contributed by atoms with Gasteiger partial charge in [-0.2, -0.15) is 0 Å². The minimum absolute atomic E-state index is 0.0253. The van der Waals surface area contributed by atoms with Crippen LogP contribution in [0.1, 0.15) is 194 Å². The summed E-state index contributed by atoms with van der Waals surface area (Å²) >= 11 is 0. The second-order valence-electron chi connectivity index (χ2n) is 17.6. The fraction of sp³-hybridized carbons (Fsp3) is 0.929. The highest BCUT2D eigenvalue weighted by Crippen LogP contribution is 2.53. The van der Waals surface area contributed by atoms with Crippen LogP contribution in [0.15, 0.2) is 0 Å². The van der Waals surface area contributed by atoms with Gasteiger partial charge in [-0.25, -0.2) is 18.3 Å². The summed E-state index contributed by atoms with van der Waals surface area (Å²) in [7, 11) is -23.0. The largest absolute Gasteiger partial charge is 0.472 e. The Morgan fingerprint density at radius 2 is 0.841 bits per heavy atom. The molecule has 1 aliphatic carbocycles. The third kappa shape index (κ3) is 34.2. The Labute approximate surface area is 406 Å². The fourth-order valence-electron chi connectivity index (χ4n) is 7.82. The summed E-state index contributed by atoms with van der Waals surface area (Å²) in [5.41, 5.74) is 0. The molecule has 0 aromatic heterocycles. The first kappa shape index (κ1) is 66.0. The molecule has 1 aliphatic rings. The van der Waals surface area contributed by atoms with Gasteiger partial charge in [-0.1, -0.05) is 142 Å². The highest BCUT2D eigenvalue weighted by molar-refractivity contribution is 7.47. The molecule has 1 rings (SSSR count). The topological polar surface area (TPSA) is 366 Å². The van der Waals surface area contributed by atoms with E-state index in [4.69, 9.17) is 18.5 Å². The van der Waals surface area contributed by atoms with Crippen LogP contribution in [0.5, 0.6) is 0 Å². The number of aliphatic hydroxyl groups is 2. The van der Waals surface area contributed by atoms with Crippen molar-refractivity contribution in [3.63, 3.8) is 0 Å². The van der Waals surface area contributed by atoms with Gasteiger partial charge in [0, 0.05) is 19.3 Å². The van der Waals surface area contributed by atoms with E-state index in [0.29, 0.717) is 37.9 Å². The summed E-state index contributed by atoms with van der Waals surface area (Å²) in [6, 6.07) is 0. The quantitative estimate of drug-likeness (QED) is 0.0161. The van der Waals surface area contributed by atoms with Gasteiger partial charge in [0.2, 0.25) is 0 Å². The molecule has 23 nitrogen and oxygen atoms in total. The van der Waals surface area contributed by atoms with Gasteiger partial charge in [-0.3, -0.25) is 37.0 Å². The number of phosphoric acid groups is 4. The summed E-state index contributed by atoms with van der Waals surface area (Å²) in [4.78, 5) is 105. The molecule has 0 saturated heterocycles. The number of aliphatic hydroxyl groups excluding tert-OH is 2. The molecule has 4 unspecified atom stereocenters. The maximum atomic E-state index is 13.3. The first-order chi connectivity index (χ1) is 32.4. The van der Waals surface area contributed by atoms with Crippen LogP contribution in [-0.2, 0) is 64.7 Å². The van der Waals surface area contributed by atoms with E-state index >= 15 is 0 Å². The molecule has 8 atom stereocenters. The highest BCUT2D eigenvalue weighted by Gasteiger charge is 2.59. The number of phosphoric ester groups is 4. The molecule has 9 N–H and O–H groups in total. The van der Waals surface area contributed by atoms with Gasteiger partial charge in [0.25, 0.3) is 0 Å². The van der Waals surface area contributed by atoms with Crippen molar-refractivity contribution < 1.29 is 109 Å². The van der Waals surface area contributed by atoms with Crippen LogP contribution in [0.2, 0.25) is 0 Å². The van der Waals surface area contributed by atoms with Gasteiger partial charge in [0.1, 0.15) is 48.5 Å². The lowest BCUT2D eigenvalue weighted by Crippen LogP contribution is -2.65. The number of unbranched alkanes of at least 4 members (excludes halogenated alkanes) is 21. The molecule has 1 saturated carbocycles. The number of ketones is 1. The van der Waals surface area contributed by atoms with Crippen molar-refractivity contribution in [2.45, 2.75) is 236 Å². The zero-order valence-corrected chi connectivity index (χ0v) is 43.9. The monoisotopic (exact) mass is 1080 g/mol. The number of hydrogen-bond donors (Lipinski definition) is 9. The third-order valence-corrected chi connectivity index (χ3v) is 13.8. The van der Waals surface area contributed by atoms with Crippen LogP contribution in [0.3, 0.4) is 0 Å². The first-order valence-corrected chi connectivity index (χ1v) is 30.6. The first-order valence-electron chi connectivity index (χ1n) is 24.5. The van der Waals surface area contributed by atoms with E-state index in [1.807, 2.05) is 6.92 Å². The Hall–Kier alpha value is -1.03. The Morgan fingerprint density at radius 1 is 0.449 bits per heavy atom. The fourth-order valence-corrected chi connectivity index (χ4v) is 10.5. The maximum absolute atomic E-state index is 13.3. The molecule has 27 heteroatoms. The number of hydrogen-bond acceptors (Lipinski definition) is 16. The Kier molecular flexibility index (Phi) is 34.4. The van der Waals surface area contributed by atoms with Crippen LogP contribution in [0.25, 0.3) is 0 Å². The molecular formula is C42H82O23P4. The standard InChI is InChI=1S/C42H82O23P4/c1-3-5-6-7-8-9-10-11-12-16-19-22-25-29-35(44)61-34(31-36(45)59-30-26-23-20-17-14-13-15-18-21-24-28-33(43)27-4-2)32-60-69(57,58)65-39-37(46)40(62-66(48,49)50)42(64-68(54,55)56)41(38(39)47)63-67(51,52)53/h34,37-42,46-47H,3-32H2,1-2H3,(H,57,58)(H2,48,49,50)(H2,51,52,53)(H2,54,55,56)/t34-,37-,38?,39?,40-,41+,42?/m1/s1. The summed E-state index contributed by atoms with van der Waals surface area (Å²) in [6.07, 6.45) is 6.68. The predicted molar refractivity (Wildman–Crippen MR) is 250 cm³/mol. The zero-order valence-electron chi connectivity index (χ0n) is 40.3. The van der Waals surface area contributed by atoms with Crippen LogP contribution in [0, 0.1) is 0 Å². The zero-order chi connectivity index (χ0) is 51.9. The average Bonchev–Trinajstić information content (AvgIpc) is 3.24. The molecule has 0 spiro atoms. The number of ether oxygens (including phenoxy) is 2. The minimum atomic E-state index is -5.80. The Balaban J connectivity index is 2.89. The van der Waals surface area contributed by atoms with Crippen LogP contribution < -0.4 is 0 Å². The van der Waals surface area contributed by atoms with Crippen molar-refractivity contribution in [2.75, 3.05) is 13.2 Å². The van der Waals surface area contributed by atoms with E-state index in [1.54, 1.807) is 0 Å². The van der Waals surface area contributed by atoms with E-state index in [1.165, 1.54) is 44.9 Å². The van der Waals surface area contributed by atoms with Crippen molar-refractivity contribution in [1.29, 1.82) is 0 Å². The van der Waals surface area contributed by atoms with Crippen molar-refractivity contribution in [1.82, 2.24) is 0 Å². The van der Waals surface area contributed by atoms with E-state index in [-0.39, 0.29) is 13.0 Å². The van der Waals surface area contributed by atoms with Gasteiger partial charge >= 0.3 is 43.2 Å². The summed E-state index contributed by atoms with van der Waals surface area (Å²) in [5.74, 6) is -1.31. The molecule has 0 radical (unpaired) electrons. The van der Waals surface area contributed by atoms with Crippen LogP contribution in [0.4, 0.5) is 0 Å². The molecule has 1 fully saturated rings. The molecule has 0 aromatic rings. The maximum Gasteiger partial charge on any atom is 0.472 e. The molecule has 0 heterocycles. The van der Waals surface area contributed by atoms with E-state index in [9.17, 15) is 77.1 Å². The second kappa shape index (κ2) is 36.0. The van der Waals surface area contributed by atoms with Gasteiger partial charge < -0.3 is 53.9 Å². The predicted octanol–water partition coefficient (Wildman–Crippen LogP) is 7.64. The lowest BCUT2D eigenvalue weighted by Gasteiger charge is -2.45. The second-order valence-corrected chi connectivity index (χ2v) is 22.6. The third-order valence-electron chi connectivity index (χ3n) is 11.3. The van der Waals surface area contributed by atoms with Crippen LogP contribution >= 0.6 is 31.3 Å². The molecule has 408 valence electrons. The Morgan fingerprint density at radius 3 is 1.26 bits per heavy atom. The number of carbonyl (C=O) groups is 3. The SMILES string of the molecule is CCCCCCCCCCCCCCCC(=O)O[C@@H](COP(=O)(O)OC1C(O)[C@H](OP(=O)(O)O)C(OP(=O)(O)O)[C@H](OP(=O)(O)O)[C@@H]1O)CC(=O)OCCCCCCCCCCCCC(=O)CCC. The van der Waals surface area contributed by atoms with Crippen molar-refractivity contribution in [2.24, 2.45) is 0 Å². The molecular weight excluding hydrogens is 996 g/mol. The van der Waals surface area contributed by atoms with Crippen molar-refractivity contribution >= 4 is 49.0 Å². The number of rotatable bonds is 43. The lowest BCUT2D eigenvalue weighted by molar-refractivity contribution is -0.209. The average molecular weight is 1080 g/mol. The van der Waals surface area contributed by atoms with Crippen molar-refractivity contribution in [3.05, 3.63) is 0 Å². The van der Waals surface area contributed by atoms with E-state index in [2.05, 4.69) is 20.5 Å². The van der Waals surface area contributed by atoms with Gasteiger partial charge in [0.15, 0.2) is 0 Å². The van der Waals surface area contributed by atoms with Gasteiger partial charge in [0.05, 0.1) is 19.6 Å². The number of esters is 2. The normalized spacial score (nSPS) is 21.4. The van der Waals surface area contributed by atoms with Gasteiger partial charge in [-0.15, -0.1) is 0 Å². The molecule has 0 bridgehead atoms. The number of carbonyl (C=O) groups excluding carboxylic acids is 3. The molecule has 69 heavy (non-hydrogen) atoms. The summed E-state index contributed by atoms with van der Waals surface area (Å²) in [5, 5.41) is 21.8. The van der Waals surface area contributed by atoms with Gasteiger partial charge in [-0.05, 0) is 25.7 Å². The molecule has 0 amide bonds. The lowest BCUT2D eigenvalue weighted by atomic mass is 9.85. The molecule has 0 aliphatic heterocycles. The van der Waals surface area contributed by atoms with Crippen molar-refractivity contribution in [3.8, 4) is 0 Å². The van der Waals surface area contributed by atoms with E-state index < -0.39 is 99.0 Å². The molecule has 0 aromatic carbocycles. The van der Waals surface area contributed by atoms with Crippen LogP contribution in [-0.4, -0.2) is 118 Å². The van der Waals surface area contributed by atoms with E-state index in [0.717, 1.165) is 89.9 Å². The smallest absolute Gasteiger partial charge is 0.466 e. The Bertz CT molecular complexity index is 1580. The number of Topliss-reactive ketones (excluding diaryl/α,β-unsaturated/α-hetero) is 1. The minimum Gasteiger partial charge on any atom is -0.466 e. The summed E-state index contributed by atoms with van der Waals surface area (Å²) in [6.45, 7) is 3.16.